The minimum absolute atomic E-state index is 0.523. The Morgan fingerprint density at radius 2 is 1.79 bits per heavy atom. The molecule has 42 heavy (non-hydrogen) atoms. The number of hydrogen-bond donors (Lipinski definition) is 4. The minimum atomic E-state index is 0.523. The van der Waals surface area contributed by atoms with E-state index in [0.29, 0.717) is 12.5 Å². The molecule has 0 amide bonds. The molecule has 3 heterocycles. The third kappa shape index (κ3) is 8.71. The Kier molecular flexibility index (Phi) is 11.5. The van der Waals surface area contributed by atoms with Crippen molar-refractivity contribution >= 4 is 40.0 Å². The SMILES string of the molecule is CCNC(=S)N1CCN(c2nc(NCc3cn(CCCNCCCNC4CCCCC4)nn3)nc3ccccc23)CC1. The summed E-state index contributed by atoms with van der Waals surface area (Å²) >= 11 is 5.52. The van der Waals surface area contributed by atoms with Gasteiger partial charge in [0.15, 0.2) is 5.11 Å². The topological polar surface area (TPSA) is 111 Å². The molecule has 2 fully saturated rings. The highest BCUT2D eigenvalue weighted by atomic mass is 32.1. The third-order valence-corrected chi connectivity index (χ3v) is 8.50. The lowest BCUT2D eigenvalue weighted by atomic mass is 9.95. The normalized spacial score (nSPS) is 16.2. The fourth-order valence-electron chi connectivity index (χ4n) is 5.78. The van der Waals surface area contributed by atoms with Crippen LogP contribution in [0, 0.1) is 0 Å². The van der Waals surface area contributed by atoms with Gasteiger partial charge in [-0.05, 0) is 76.6 Å². The van der Waals surface area contributed by atoms with Crippen LogP contribution >= 0.6 is 12.2 Å². The molecule has 12 heteroatoms. The van der Waals surface area contributed by atoms with Gasteiger partial charge in [0.25, 0.3) is 0 Å². The molecular formula is C30H47N11S. The number of piperazine rings is 1. The summed E-state index contributed by atoms with van der Waals surface area (Å²) in [6, 6.07) is 8.95. The van der Waals surface area contributed by atoms with Gasteiger partial charge in [-0.1, -0.05) is 36.6 Å². The maximum atomic E-state index is 5.52. The molecule has 0 unspecified atom stereocenters. The van der Waals surface area contributed by atoms with E-state index in [-0.39, 0.29) is 0 Å². The van der Waals surface area contributed by atoms with Crippen LogP contribution in [-0.4, -0.2) is 93.4 Å². The number of thiocarbonyl (C=S) groups is 1. The largest absolute Gasteiger partial charge is 0.363 e. The number of nitrogens with one attached hydrogen (secondary N) is 4. The van der Waals surface area contributed by atoms with Crippen LogP contribution in [0.25, 0.3) is 10.9 Å². The number of hydrogen-bond acceptors (Lipinski definition) is 9. The Balaban J connectivity index is 1.06. The second-order valence-corrected chi connectivity index (χ2v) is 11.7. The lowest BCUT2D eigenvalue weighted by Gasteiger charge is -2.37. The van der Waals surface area contributed by atoms with Crippen LogP contribution in [-0.2, 0) is 13.1 Å². The van der Waals surface area contributed by atoms with Gasteiger partial charge in [0.1, 0.15) is 11.5 Å². The molecule has 4 N–H and O–H groups in total. The molecule has 0 spiro atoms. The van der Waals surface area contributed by atoms with Crippen LogP contribution in [0.5, 0.6) is 0 Å². The molecule has 1 aliphatic carbocycles. The number of benzene rings is 1. The monoisotopic (exact) mass is 593 g/mol. The predicted molar refractivity (Wildman–Crippen MR) is 174 cm³/mol. The summed E-state index contributed by atoms with van der Waals surface area (Å²) in [5, 5.41) is 24.5. The Hall–Kier alpha value is -3.09. The first-order valence-corrected chi connectivity index (χ1v) is 16.2. The van der Waals surface area contributed by atoms with Gasteiger partial charge in [-0.15, -0.1) is 5.10 Å². The van der Waals surface area contributed by atoms with E-state index in [9.17, 15) is 0 Å². The Bertz CT molecular complexity index is 1250. The molecule has 0 atom stereocenters. The zero-order valence-corrected chi connectivity index (χ0v) is 25.8. The molecular weight excluding hydrogens is 546 g/mol. The van der Waals surface area contributed by atoms with Gasteiger partial charge in [-0.3, -0.25) is 4.68 Å². The van der Waals surface area contributed by atoms with E-state index in [0.717, 1.165) is 98.9 Å². The number of fused-ring (bicyclic) bond motifs is 1. The number of para-hydroxylation sites is 1. The smallest absolute Gasteiger partial charge is 0.225 e. The van der Waals surface area contributed by atoms with E-state index in [2.05, 4.69) is 54.4 Å². The first-order chi connectivity index (χ1) is 20.7. The van der Waals surface area contributed by atoms with Crippen LogP contribution in [0.2, 0.25) is 0 Å². The maximum Gasteiger partial charge on any atom is 0.225 e. The van der Waals surface area contributed by atoms with Gasteiger partial charge in [-0.2, -0.15) is 4.98 Å². The highest BCUT2D eigenvalue weighted by molar-refractivity contribution is 7.80. The van der Waals surface area contributed by atoms with Crippen molar-refractivity contribution < 1.29 is 0 Å². The lowest BCUT2D eigenvalue weighted by molar-refractivity contribution is 0.371. The van der Waals surface area contributed by atoms with Crippen LogP contribution in [0.4, 0.5) is 11.8 Å². The fraction of sp³-hybridized carbons (Fsp3) is 0.633. The third-order valence-electron chi connectivity index (χ3n) is 8.10. The molecule has 1 saturated heterocycles. The van der Waals surface area contributed by atoms with Crippen LogP contribution in [0.3, 0.4) is 0 Å². The number of aromatic nitrogens is 5. The van der Waals surface area contributed by atoms with Gasteiger partial charge in [-0.25, -0.2) is 4.98 Å². The Morgan fingerprint density at radius 1 is 0.976 bits per heavy atom. The van der Waals surface area contributed by atoms with Crippen LogP contribution in [0.1, 0.15) is 57.6 Å². The van der Waals surface area contributed by atoms with Crippen LogP contribution in [0.15, 0.2) is 30.5 Å². The number of aryl methyl sites for hydroxylation is 1. The molecule has 1 aliphatic heterocycles. The van der Waals surface area contributed by atoms with E-state index < -0.39 is 0 Å². The molecule has 1 aromatic carbocycles. The standard InChI is InChI=1S/C30H47N11S/c1-2-32-30(42)40-20-18-39(19-21-40)28-26-12-6-7-13-27(26)35-29(36-28)34-22-25-23-41(38-37-25)17-9-15-31-14-8-16-33-24-10-4-3-5-11-24/h6-7,12-13,23-24,31,33H,2-5,8-11,14-22H2,1H3,(H,32,42)(H,34,35,36). The van der Waals surface area contributed by atoms with Crippen molar-refractivity contribution in [3.63, 3.8) is 0 Å². The predicted octanol–water partition coefficient (Wildman–Crippen LogP) is 3.14. The average molecular weight is 594 g/mol. The maximum absolute atomic E-state index is 5.52. The van der Waals surface area contributed by atoms with Crippen molar-refractivity contribution in [2.75, 3.05) is 62.6 Å². The molecule has 0 bridgehead atoms. The van der Waals surface area contributed by atoms with Gasteiger partial charge < -0.3 is 31.1 Å². The number of anilines is 2. The molecule has 1 saturated carbocycles. The average Bonchev–Trinajstić information content (AvgIpc) is 3.49. The molecule has 5 rings (SSSR count). The molecule has 228 valence electrons. The molecule has 11 nitrogen and oxygen atoms in total. The van der Waals surface area contributed by atoms with Crippen molar-refractivity contribution in [1.82, 2.24) is 45.8 Å². The summed E-state index contributed by atoms with van der Waals surface area (Å²) in [6.45, 7) is 10.9. The van der Waals surface area contributed by atoms with Crippen molar-refractivity contribution in [2.45, 2.75) is 71.0 Å². The summed E-state index contributed by atoms with van der Waals surface area (Å²) in [7, 11) is 0. The van der Waals surface area contributed by atoms with E-state index in [1.54, 1.807) is 0 Å². The van der Waals surface area contributed by atoms with Crippen molar-refractivity contribution in [3.8, 4) is 0 Å². The zero-order chi connectivity index (χ0) is 29.0. The van der Waals surface area contributed by atoms with Gasteiger partial charge in [0.2, 0.25) is 5.95 Å². The minimum Gasteiger partial charge on any atom is -0.363 e. The Labute approximate surface area is 255 Å². The van der Waals surface area contributed by atoms with Gasteiger partial charge in [0, 0.05) is 50.7 Å². The fourth-order valence-corrected chi connectivity index (χ4v) is 6.11. The second kappa shape index (κ2) is 15.9. The zero-order valence-electron chi connectivity index (χ0n) is 25.0. The van der Waals surface area contributed by atoms with Crippen molar-refractivity contribution in [2.24, 2.45) is 0 Å². The first-order valence-electron chi connectivity index (χ1n) is 15.8. The molecule has 3 aromatic rings. The van der Waals surface area contributed by atoms with Crippen LogP contribution < -0.4 is 26.2 Å². The quantitative estimate of drug-likeness (QED) is 0.163. The summed E-state index contributed by atoms with van der Waals surface area (Å²) in [6.07, 6.45) is 11.1. The summed E-state index contributed by atoms with van der Waals surface area (Å²) in [4.78, 5) is 14.3. The van der Waals surface area contributed by atoms with Crippen molar-refractivity contribution in [3.05, 3.63) is 36.2 Å². The first kappa shape index (κ1) is 30.4. The lowest BCUT2D eigenvalue weighted by Crippen LogP contribution is -2.52. The number of rotatable bonds is 14. The summed E-state index contributed by atoms with van der Waals surface area (Å²) in [5.74, 6) is 1.56. The van der Waals surface area contributed by atoms with Gasteiger partial charge in [0.05, 0.1) is 18.3 Å². The Morgan fingerprint density at radius 3 is 2.62 bits per heavy atom. The summed E-state index contributed by atoms with van der Waals surface area (Å²) < 4.78 is 1.92. The van der Waals surface area contributed by atoms with Crippen molar-refractivity contribution in [1.29, 1.82) is 0 Å². The second-order valence-electron chi connectivity index (χ2n) is 11.3. The molecule has 0 radical (unpaired) electrons. The van der Waals surface area contributed by atoms with E-state index in [1.807, 2.05) is 29.1 Å². The molecule has 2 aliphatic rings. The van der Waals surface area contributed by atoms with Gasteiger partial charge >= 0.3 is 0 Å². The molecule has 2 aromatic heterocycles. The van der Waals surface area contributed by atoms with E-state index >= 15 is 0 Å². The summed E-state index contributed by atoms with van der Waals surface area (Å²) in [5.41, 5.74) is 1.80. The van der Waals surface area contributed by atoms with E-state index in [1.165, 1.54) is 38.5 Å². The number of nitrogens with zero attached hydrogens (tertiary/aromatic N) is 7. The highest BCUT2D eigenvalue weighted by Gasteiger charge is 2.22. The van der Waals surface area contributed by atoms with E-state index in [4.69, 9.17) is 22.2 Å². The highest BCUT2D eigenvalue weighted by Crippen LogP contribution is 2.26.